The molecule has 3 rings (SSSR count). The molecule has 16 heavy (non-hydrogen) atoms. The summed E-state index contributed by atoms with van der Waals surface area (Å²) in [6, 6.07) is 0. The molecule has 5 heteroatoms. The molecule has 1 aliphatic heterocycles. The number of aryl methyl sites for hydroxylation is 2. The minimum Gasteiger partial charge on any atom is -0.444 e. The van der Waals surface area contributed by atoms with E-state index in [-0.39, 0.29) is 30.2 Å². The van der Waals surface area contributed by atoms with Crippen molar-refractivity contribution in [3.8, 4) is 0 Å². The molecule has 84 valence electrons. The van der Waals surface area contributed by atoms with Gasteiger partial charge in [-0.25, -0.2) is 4.98 Å². The van der Waals surface area contributed by atoms with E-state index in [2.05, 4.69) is 4.98 Å². The van der Waals surface area contributed by atoms with Gasteiger partial charge in [0, 0.05) is 0 Å². The predicted molar refractivity (Wildman–Crippen MR) is 53.1 cm³/mol. The molecule has 0 bridgehead atoms. The van der Waals surface area contributed by atoms with Crippen molar-refractivity contribution in [1.29, 1.82) is 0 Å². The Morgan fingerprint density at radius 2 is 1.94 bits per heavy atom. The molecule has 0 radical (unpaired) electrons. The number of imide groups is 1. The zero-order valence-corrected chi connectivity index (χ0v) is 9.19. The van der Waals surface area contributed by atoms with Gasteiger partial charge < -0.3 is 4.42 Å². The zero-order chi connectivity index (χ0) is 11.4. The molecule has 1 saturated heterocycles. The van der Waals surface area contributed by atoms with E-state index < -0.39 is 0 Å². The summed E-state index contributed by atoms with van der Waals surface area (Å²) in [6.45, 7) is 3.84. The summed E-state index contributed by atoms with van der Waals surface area (Å²) in [4.78, 5) is 28.8. The first-order chi connectivity index (χ1) is 7.58. The Bertz CT molecular complexity index is 452. The average molecular weight is 220 g/mol. The van der Waals surface area contributed by atoms with Crippen LogP contribution in [-0.2, 0) is 16.1 Å². The number of fused-ring (bicyclic) bond motifs is 1. The van der Waals surface area contributed by atoms with Crippen LogP contribution >= 0.6 is 0 Å². The molecule has 0 spiro atoms. The second-order valence-electron chi connectivity index (χ2n) is 4.46. The van der Waals surface area contributed by atoms with Gasteiger partial charge in [0.25, 0.3) is 0 Å². The van der Waals surface area contributed by atoms with Crippen molar-refractivity contribution in [1.82, 2.24) is 9.88 Å². The summed E-state index contributed by atoms with van der Waals surface area (Å²) < 4.78 is 5.37. The van der Waals surface area contributed by atoms with Crippen LogP contribution in [0.15, 0.2) is 4.42 Å². The lowest BCUT2D eigenvalue weighted by Gasteiger charge is -2.13. The van der Waals surface area contributed by atoms with Gasteiger partial charge in [-0.1, -0.05) is 0 Å². The van der Waals surface area contributed by atoms with Crippen molar-refractivity contribution in [2.45, 2.75) is 26.8 Å². The highest BCUT2D eigenvalue weighted by molar-refractivity contribution is 6.08. The number of nitrogens with zero attached hydrogens (tertiary/aromatic N) is 2. The molecule has 1 aromatic rings. The van der Waals surface area contributed by atoms with Gasteiger partial charge in [-0.15, -0.1) is 0 Å². The molecule has 1 aromatic heterocycles. The Hall–Kier alpha value is -1.65. The molecule has 2 unspecified atom stereocenters. The number of rotatable bonds is 2. The average Bonchev–Trinajstić information content (AvgIpc) is 2.91. The van der Waals surface area contributed by atoms with E-state index >= 15 is 0 Å². The van der Waals surface area contributed by atoms with Crippen LogP contribution in [0.3, 0.4) is 0 Å². The lowest BCUT2D eigenvalue weighted by atomic mass is 10.4. The first-order valence-corrected chi connectivity index (χ1v) is 5.36. The van der Waals surface area contributed by atoms with Crippen LogP contribution in [0, 0.1) is 25.7 Å². The number of carbonyl (C=O) groups is 2. The molecule has 1 saturated carbocycles. The van der Waals surface area contributed by atoms with Crippen molar-refractivity contribution in [3.63, 3.8) is 0 Å². The van der Waals surface area contributed by atoms with E-state index in [1.165, 1.54) is 4.90 Å². The van der Waals surface area contributed by atoms with Crippen LogP contribution in [0.25, 0.3) is 0 Å². The molecule has 0 N–H and O–H groups in total. The molecule has 2 atom stereocenters. The van der Waals surface area contributed by atoms with Gasteiger partial charge in [-0.3, -0.25) is 14.5 Å². The number of piperidine rings is 1. The van der Waals surface area contributed by atoms with E-state index in [1.807, 2.05) is 13.8 Å². The van der Waals surface area contributed by atoms with E-state index in [4.69, 9.17) is 4.42 Å². The van der Waals surface area contributed by atoms with Gasteiger partial charge in [0.1, 0.15) is 12.3 Å². The fourth-order valence-electron chi connectivity index (χ4n) is 2.15. The predicted octanol–water partition coefficient (Wildman–Crippen LogP) is 0.796. The molecule has 2 amide bonds. The molecule has 5 nitrogen and oxygen atoms in total. The van der Waals surface area contributed by atoms with Gasteiger partial charge >= 0.3 is 0 Å². The van der Waals surface area contributed by atoms with E-state index in [0.717, 1.165) is 17.9 Å². The van der Waals surface area contributed by atoms with Crippen molar-refractivity contribution in [2.75, 3.05) is 0 Å². The maximum atomic E-state index is 11.7. The van der Waals surface area contributed by atoms with Gasteiger partial charge in [0.05, 0.1) is 17.5 Å². The Labute approximate surface area is 92.4 Å². The summed E-state index contributed by atoms with van der Waals surface area (Å²) in [6.07, 6.45) is 0.734. The summed E-state index contributed by atoms with van der Waals surface area (Å²) in [5.74, 6) is 0.943. The second kappa shape index (κ2) is 2.93. The van der Waals surface area contributed by atoms with Gasteiger partial charge in [-0.05, 0) is 20.3 Å². The Balaban J connectivity index is 1.80. The molecular weight excluding hydrogens is 208 g/mol. The van der Waals surface area contributed by atoms with Crippen molar-refractivity contribution >= 4 is 11.8 Å². The first-order valence-electron chi connectivity index (χ1n) is 5.36. The highest BCUT2D eigenvalue weighted by Gasteiger charge is 2.58. The van der Waals surface area contributed by atoms with Gasteiger partial charge in [0.15, 0.2) is 0 Å². The third-order valence-electron chi connectivity index (χ3n) is 3.32. The van der Waals surface area contributed by atoms with Gasteiger partial charge in [-0.2, -0.15) is 0 Å². The Kier molecular flexibility index (Phi) is 1.75. The molecule has 2 fully saturated rings. The van der Waals surface area contributed by atoms with E-state index in [0.29, 0.717) is 5.89 Å². The maximum absolute atomic E-state index is 11.7. The number of likely N-dealkylation sites (tertiary alicyclic amines) is 1. The normalized spacial score (nSPS) is 27.5. The van der Waals surface area contributed by atoms with Gasteiger partial charge in [0.2, 0.25) is 17.7 Å². The number of hydrogen-bond donors (Lipinski definition) is 0. The lowest BCUT2D eigenvalue weighted by molar-refractivity contribution is -0.142. The Morgan fingerprint density at radius 3 is 2.44 bits per heavy atom. The minimum absolute atomic E-state index is 0.0512. The third kappa shape index (κ3) is 1.20. The molecule has 1 aliphatic carbocycles. The Morgan fingerprint density at radius 1 is 1.31 bits per heavy atom. The summed E-state index contributed by atoms with van der Waals surface area (Å²) in [5.41, 5.74) is 0.805. The molecular formula is C11H12N2O3. The summed E-state index contributed by atoms with van der Waals surface area (Å²) in [5, 5.41) is 0. The number of aromatic nitrogens is 1. The third-order valence-corrected chi connectivity index (χ3v) is 3.32. The van der Waals surface area contributed by atoms with Crippen LogP contribution in [0.1, 0.15) is 23.8 Å². The van der Waals surface area contributed by atoms with Crippen LogP contribution < -0.4 is 0 Å². The number of carbonyl (C=O) groups excluding carboxylic acids is 2. The van der Waals surface area contributed by atoms with Crippen LogP contribution in [-0.4, -0.2) is 21.7 Å². The first kappa shape index (κ1) is 9.57. The van der Waals surface area contributed by atoms with Crippen molar-refractivity contribution in [3.05, 3.63) is 17.3 Å². The SMILES string of the molecule is Cc1nc(CN2C(=O)C3CC3C2=O)oc1C. The minimum atomic E-state index is -0.0662. The quantitative estimate of drug-likeness (QED) is 0.691. The van der Waals surface area contributed by atoms with Crippen LogP contribution in [0.2, 0.25) is 0 Å². The smallest absolute Gasteiger partial charge is 0.233 e. The fraction of sp³-hybridized carbons (Fsp3) is 0.545. The number of amides is 2. The van der Waals surface area contributed by atoms with Crippen molar-refractivity contribution in [2.24, 2.45) is 11.8 Å². The maximum Gasteiger partial charge on any atom is 0.233 e. The zero-order valence-electron chi connectivity index (χ0n) is 9.19. The van der Waals surface area contributed by atoms with Crippen LogP contribution in [0.4, 0.5) is 0 Å². The van der Waals surface area contributed by atoms with Crippen LogP contribution in [0.5, 0.6) is 0 Å². The summed E-state index contributed by atoms with van der Waals surface area (Å²) >= 11 is 0. The van der Waals surface area contributed by atoms with Crippen molar-refractivity contribution < 1.29 is 14.0 Å². The lowest BCUT2D eigenvalue weighted by Crippen LogP contribution is -2.32. The fourth-order valence-corrected chi connectivity index (χ4v) is 2.15. The monoisotopic (exact) mass is 220 g/mol. The highest BCUT2D eigenvalue weighted by atomic mass is 16.4. The molecule has 2 heterocycles. The topological polar surface area (TPSA) is 63.4 Å². The second-order valence-corrected chi connectivity index (χ2v) is 4.46. The largest absolute Gasteiger partial charge is 0.444 e. The number of oxazole rings is 1. The molecule has 2 aliphatic rings. The standard InChI is InChI=1S/C11H12N2O3/c1-5-6(2)16-9(12-5)4-13-10(14)7-3-8(7)11(13)15/h7-8H,3-4H2,1-2H3. The molecule has 0 aromatic carbocycles. The van der Waals surface area contributed by atoms with E-state index in [1.54, 1.807) is 0 Å². The summed E-state index contributed by atoms with van der Waals surface area (Å²) in [7, 11) is 0. The highest BCUT2D eigenvalue weighted by Crippen LogP contribution is 2.47. The van der Waals surface area contributed by atoms with E-state index in [9.17, 15) is 9.59 Å². The number of hydrogen-bond acceptors (Lipinski definition) is 4.